The number of benzene rings is 2. The van der Waals surface area contributed by atoms with Crippen LogP contribution in [0, 0.1) is 15.9 Å². The number of para-hydroxylation sites is 1. The van der Waals surface area contributed by atoms with Crippen LogP contribution >= 0.6 is 0 Å². The number of nitrogens with one attached hydrogen (secondary N) is 1. The van der Waals surface area contributed by atoms with E-state index in [1.165, 1.54) is 37.3 Å². The Labute approximate surface area is 154 Å². The van der Waals surface area contributed by atoms with E-state index in [0.717, 1.165) is 6.07 Å². The zero-order valence-electron chi connectivity index (χ0n) is 14.9. The molecule has 2 rings (SSSR count). The zero-order valence-corrected chi connectivity index (χ0v) is 14.9. The Balaban J connectivity index is 2.18. The minimum atomic E-state index is -1.24. The first-order valence-electron chi connectivity index (χ1n) is 7.93. The quantitative estimate of drug-likeness (QED) is 0.473. The minimum absolute atomic E-state index is 0.0465. The molecule has 0 fully saturated rings. The fourth-order valence-corrected chi connectivity index (χ4v) is 2.27. The third kappa shape index (κ3) is 4.78. The molecule has 2 aromatic carbocycles. The molecule has 0 unspecified atom stereocenters. The molecule has 142 valence electrons. The van der Waals surface area contributed by atoms with Crippen molar-refractivity contribution in [1.29, 1.82) is 0 Å². The molecule has 1 amide bonds. The van der Waals surface area contributed by atoms with E-state index < -0.39 is 28.7 Å². The molecule has 0 radical (unpaired) electrons. The Morgan fingerprint density at radius 2 is 1.89 bits per heavy atom. The van der Waals surface area contributed by atoms with Crippen LogP contribution in [0.2, 0.25) is 0 Å². The molecule has 27 heavy (non-hydrogen) atoms. The van der Waals surface area contributed by atoms with Gasteiger partial charge in [-0.2, -0.15) is 0 Å². The zero-order chi connectivity index (χ0) is 20.1. The Hall–Kier alpha value is -3.49. The summed E-state index contributed by atoms with van der Waals surface area (Å²) in [5.74, 6) is -2.26. The second-order valence-electron chi connectivity index (χ2n) is 5.87. The van der Waals surface area contributed by atoms with E-state index in [2.05, 4.69) is 5.32 Å². The smallest absolute Gasteiger partial charge is 0.341 e. The fourth-order valence-electron chi connectivity index (χ4n) is 2.27. The summed E-state index contributed by atoms with van der Waals surface area (Å²) in [7, 11) is 3.32. The highest BCUT2D eigenvalue weighted by Gasteiger charge is 2.24. The van der Waals surface area contributed by atoms with Crippen molar-refractivity contribution in [2.75, 3.05) is 24.3 Å². The Kier molecular flexibility index (Phi) is 6.07. The van der Waals surface area contributed by atoms with Crippen LogP contribution in [0.4, 0.5) is 21.5 Å². The second-order valence-corrected chi connectivity index (χ2v) is 5.87. The summed E-state index contributed by atoms with van der Waals surface area (Å²) in [6.07, 6.45) is -1.24. The van der Waals surface area contributed by atoms with Gasteiger partial charge in [0.25, 0.3) is 11.6 Å². The van der Waals surface area contributed by atoms with E-state index in [0.29, 0.717) is 5.69 Å². The molecule has 0 saturated heterocycles. The second kappa shape index (κ2) is 8.26. The summed E-state index contributed by atoms with van der Waals surface area (Å²) in [6, 6.07) is 9.32. The molecule has 0 aliphatic heterocycles. The number of carbonyl (C=O) groups is 2. The normalized spacial score (nSPS) is 11.4. The molecule has 8 nitrogen and oxygen atoms in total. The highest BCUT2D eigenvalue weighted by Crippen LogP contribution is 2.25. The summed E-state index contributed by atoms with van der Waals surface area (Å²) in [6.45, 7) is 1.32. The third-order valence-corrected chi connectivity index (χ3v) is 3.68. The predicted octanol–water partition coefficient (Wildman–Crippen LogP) is 2.98. The average Bonchev–Trinajstić information content (AvgIpc) is 2.62. The molecule has 2 aromatic rings. The van der Waals surface area contributed by atoms with E-state index in [4.69, 9.17) is 4.74 Å². The average molecular weight is 375 g/mol. The number of non-ortho nitro benzene ring substituents is 1. The van der Waals surface area contributed by atoms with Gasteiger partial charge in [-0.3, -0.25) is 14.9 Å². The first-order valence-corrected chi connectivity index (χ1v) is 7.93. The molecular weight excluding hydrogens is 357 g/mol. The number of hydrogen-bond acceptors (Lipinski definition) is 6. The van der Waals surface area contributed by atoms with Crippen molar-refractivity contribution in [1.82, 2.24) is 0 Å². The predicted molar refractivity (Wildman–Crippen MR) is 97.3 cm³/mol. The van der Waals surface area contributed by atoms with Crippen molar-refractivity contribution >= 4 is 28.9 Å². The number of amides is 1. The molecule has 0 aliphatic rings. The van der Waals surface area contributed by atoms with Crippen LogP contribution in [0.3, 0.4) is 0 Å². The van der Waals surface area contributed by atoms with Crippen molar-refractivity contribution in [3.63, 3.8) is 0 Å². The molecule has 0 saturated carbocycles. The van der Waals surface area contributed by atoms with Gasteiger partial charge in [-0.05, 0) is 25.1 Å². The minimum Gasteiger partial charge on any atom is -0.449 e. The number of carbonyl (C=O) groups excluding carboxylic acids is 2. The van der Waals surface area contributed by atoms with E-state index in [1.54, 1.807) is 25.1 Å². The molecule has 1 N–H and O–H groups in total. The van der Waals surface area contributed by atoms with Crippen LogP contribution < -0.4 is 10.2 Å². The van der Waals surface area contributed by atoms with E-state index >= 15 is 0 Å². The summed E-state index contributed by atoms with van der Waals surface area (Å²) >= 11 is 0. The maximum Gasteiger partial charge on any atom is 0.341 e. The van der Waals surface area contributed by atoms with Gasteiger partial charge in [0.2, 0.25) is 0 Å². The van der Waals surface area contributed by atoms with Crippen molar-refractivity contribution in [2.24, 2.45) is 0 Å². The Bertz CT molecular complexity index is 885. The van der Waals surface area contributed by atoms with Crippen molar-refractivity contribution in [3.05, 3.63) is 64.0 Å². The number of nitro groups is 1. The van der Waals surface area contributed by atoms with Gasteiger partial charge in [0.15, 0.2) is 6.10 Å². The largest absolute Gasteiger partial charge is 0.449 e. The maximum atomic E-state index is 13.6. The van der Waals surface area contributed by atoms with E-state index in [1.807, 2.05) is 0 Å². The standard InChI is InChI=1S/C18H18FN3O5/c1-11(17(23)20-15-7-5-4-6-14(15)19)27-18(24)13-10-12(22(25)26)8-9-16(13)21(2)3/h4-11H,1-3H3,(H,20,23)/t11-/m1/s1. The van der Waals surface area contributed by atoms with Crippen LogP contribution in [0.15, 0.2) is 42.5 Å². The molecule has 0 spiro atoms. The van der Waals surface area contributed by atoms with Crippen LogP contribution in [0.25, 0.3) is 0 Å². The van der Waals surface area contributed by atoms with Gasteiger partial charge < -0.3 is 15.0 Å². The number of anilines is 2. The van der Waals surface area contributed by atoms with Gasteiger partial charge in [0.05, 0.1) is 21.9 Å². The number of ether oxygens (including phenoxy) is 1. The number of nitrogens with zero attached hydrogens (tertiary/aromatic N) is 2. The lowest BCUT2D eigenvalue weighted by Gasteiger charge is -2.18. The van der Waals surface area contributed by atoms with Crippen LogP contribution in [0.1, 0.15) is 17.3 Å². The van der Waals surface area contributed by atoms with Crippen LogP contribution in [-0.2, 0) is 9.53 Å². The molecule has 1 atom stereocenters. The summed E-state index contributed by atoms with van der Waals surface area (Å²) in [4.78, 5) is 36.5. The fraction of sp³-hybridized carbons (Fsp3) is 0.222. The molecule has 0 bridgehead atoms. The van der Waals surface area contributed by atoms with Gasteiger partial charge in [-0.15, -0.1) is 0 Å². The molecule has 0 aliphatic carbocycles. The number of halogens is 1. The third-order valence-electron chi connectivity index (χ3n) is 3.68. The number of hydrogen-bond donors (Lipinski definition) is 1. The number of rotatable bonds is 6. The monoisotopic (exact) mass is 375 g/mol. The highest BCUT2D eigenvalue weighted by atomic mass is 19.1. The Morgan fingerprint density at radius 1 is 1.22 bits per heavy atom. The van der Waals surface area contributed by atoms with Gasteiger partial charge in [-0.25, -0.2) is 9.18 Å². The Morgan fingerprint density at radius 3 is 2.48 bits per heavy atom. The lowest BCUT2D eigenvalue weighted by Crippen LogP contribution is -2.30. The topological polar surface area (TPSA) is 102 Å². The van der Waals surface area contributed by atoms with Crippen LogP contribution in [0.5, 0.6) is 0 Å². The summed E-state index contributed by atoms with van der Waals surface area (Å²) < 4.78 is 18.7. The summed E-state index contributed by atoms with van der Waals surface area (Å²) in [5.41, 5.74) is 0.0118. The lowest BCUT2D eigenvalue weighted by atomic mass is 10.1. The molecule has 0 heterocycles. The lowest BCUT2D eigenvalue weighted by molar-refractivity contribution is -0.384. The SMILES string of the molecule is C[C@@H](OC(=O)c1cc([N+](=O)[O-])ccc1N(C)C)C(=O)Nc1ccccc1F. The van der Waals surface area contributed by atoms with Gasteiger partial charge in [0, 0.05) is 26.2 Å². The van der Waals surface area contributed by atoms with Crippen LogP contribution in [-0.4, -0.2) is 37.0 Å². The van der Waals surface area contributed by atoms with Gasteiger partial charge >= 0.3 is 5.97 Å². The number of esters is 1. The number of nitro benzene ring substituents is 1. The first kappa shape index (κ1) is 19.8. The molecule has 9 heteroatoms. The van der Waals surface area contributed by atoms with E-state index in [9.17, 15) is 24.1 Å². The first-order chi connectivity index (χ1) is 12.7. The van der Waals surface area contributed by atoms with Crippen molar-refractivity contribution in [3.8, 4) is 0 Å². The van der Waals surface area contributed by atoms with Crippen molar-refractivity contribution < 1.29 is 23.6 Å². The molecule has 0 aromatic heterocycles. The van der Waals surface area contributed by atoms with E-state index in [-0.39, 0.29) is 16.9 Å². The van der Waals surface area contributed by atoms with Gasteiger partial charge in [-0.1, -0.05) is 12.1 Å². The molecular formula is C18H18FN3O5. The van der Waals surface area contributed by atoms with Gasteiger partial charge in [0.1, 0.15) is 5.82 Å². The highest BCUT2D eigenvalue weighted by molar-refractivity contribution is 6.00. The maximum absolute atomic E-state index is 13.6. The van der Waals surface area contributed by atoms with Crippen molar-refractivity contribution in [2.45, 2.75) is 13.0 Å². The summed E-state index contributed by atoms with van der Waals surface area (Å²) in [5, 5.41) is 13.3.